The largest absolute Gasteiger partial charge is 0.384 e. The molecule has 0 saturated carbocycles. The Kier molecular flexibility index (Phi) is 3.85. The van der Waals surface area contributed by atoms with Crippen molar-refractivity contribution in [3.8, 4) is 0 Å². The second-order valence-corrected chi connectivity index (χ2v) is 4.98. The first kappa shape index (κ1) is 12.2. The van der Waals surface area contributed by atoms with E-state index in [1.165, 1.54) is 16.8 Å². The quantitative estimate of drug-likeness (QED) is 0.782. The summed E-state index contributed by atoms with van der Waals surface area (Å²) >= 11 is 0. The number of nitrogens with one attached hydrogen (secondary N) is 1. The van der Waals surface area contributed by atoms with Crippen LogP contribution in [0.4, 0.5) is 5.69 Å². The van der Waals surface area contributed by atoms with Gasteiger partial charge in [-0.15, -0.1) is 6.58 Å². The molecule has 0 radical (unpaired) electrons. The third kappa shape index (κ3) is 2.89. The van der Waals surface area contributed by atoms with Crippen LogP contribution in [0.1, 0.15) is 25.0 Å². The molecular weight excluding hydrogens is 208 g/mol. The van der Waals surface area contributed by atoms with Gasteiger partial charge in [0.15, 0.2) is 0 Å². The Morgan fingerprint density at radius 2 is 2.29 bits per heavy atom. The molecule has 0 aliphatic carbocycles. The van der Waals surface area contributed by atoms with Crippen molar-refractivity contribution in [2.75, 3.05) is 18.4 Å². The predicted molar refractivity (Wildman–Crippen MR) is 74.4 cm³/mol. The molecule has 2 heteroatoms. The first-order chi connectivity index (χ1) is 8.20. The fraction of sp³-hybridized carbons (Fsp3) is 0.467. The zero-order valence-electron chi connectivity index (χ0n) is 10.9. The molecule has 1 heterocycles. The lowest BCUT2D eigenvalue weighted by molar-refractivity contribution is 0.237. The summed E-state index contributed by atoms with van der Waals surface area (Å²) in [6.45, 7) is 11.3. The number of fused-ring (bicyclic) bond motifs is 1. The minimum atomic E-state index is 0.550. The second kappa shape index (κ2) is 5.37. The van der Waals surface area contributed by atoms with Gasteiger partial charge in [-0.2, -0.15) is 0 Å². The van der Waals surface area contributed by atoms with E-state index in [4.69, 9.17) is 0 Å². The molecule has 1 aromatic rings. The first-order valence-corrected chi connectivity index (χ1v) is 6.41. The number of nitrogens with zero attached hydrogens (tertiary/aromatic N) is 1. The molecule has 17 heavy (non-hydrogen) atoms. The smallest absolute Gasteiger partial charge is 0.0376 e. The van der Waals surface area contributed by atoms with Gasteiger partial charge in [0.2, 0.25) is 0 Å². The lowest BCUT2D eigenvalue weighted by Crippen LogP contribution is -2.30. The van der Waals surface area contributed by atoms with Crippen molar-refractivity contribution < 1.29 is 0 Å². The van der Waals surface area contributed by atoms with E-state index in [9.17, 15) is 0 Å². The highest BCUT2D eigenvalue weighted by molar-refractivity contribution is 5.57. The van der Waals surface area contributed by atoms with Crippen LogP contribution in [-0.4, -0.2) is 24.0 Å². The Morgan fingerprint density at radius 3 is 3.00 bits per heavy atom. The molecule has 0 unspecified atom stereocenters. The highest BCUT2D eigenvalue weighted by atomic mass is 15.1. The van der Waals surface area contributed by atoms with E-state index in [1.807, 2.05) is 6.08 Å². The summed E-state index contributed by atoms with van der Waals surface area (Å²) in [5.41, 5.74) is 4.16. The Bertz CT molecular complexity index is 396. The number of benzene rings is 1. The van der Waals surface area contributed by atoms with E-state index in [0.717, 1.165) is 26.1 Å². The summed E-state index contributed by atoms with van der Waals surface area (Å²) < 4.78 is 0. The summed E-state index contributed by atoms with van der Waals surface area (Å²) in [5.74, 6) is 0. The third-order valence-electron chi connectivity index (χ3n) is 3.36. The van der Waals surface area contributed by atoms with Crippen molar-refractivity contribution in [3.63, 3.8) is 0 Å². The monoisotopic (exact) mass is 230 g/mol. The first-order valence-electron chi connectivity index (χ1n) is 6.41. The maximum absolute atomic E-state index is 3.83. The molecule has 2 rings (SSSR count). The van der Waals surface area contributed by atoms with Crippen LogP contribution in [0.2, 0.25) is 0 Å². The van der Waals surface area contributed by atoms with E-state index in [2.05, 4.69) is 48.8 Å². The SMILES string of the molecule is C=CCN(Cc1ccc2c(c1)NCC2)C(C)C. The van der Waals surface area contributed by atoms with Crippen LogP contribution < -0.4 is 5.32 Å². The van der Waals surface area contributed by atoms with Crippen LogP contribution in [0, 0.1) is 0 Å². The van der Waals surface area contributed by atoms with Gasteiger partial charge in [0.25, 0.3) is 0 Å². The van der Waals surface area contributed by atoms with E-state index < -0.39 is 0 Å². The molecule has 1 aliphatic rings. The fourth-order valence-corrected chi connectivity index (χ4v) is 2.29. The lowest BCUT2D eigenvalue weighted by Gasteiger charge is -2.25. The topological polar surface area (TPSA) is 15.3 Å². The molecule has 1 aliphatic heterocycles. The maximum Gasteiger partial charge on any atom is 0.0376 e. The minimum Gasteiger partial charge on any atom is -0.384 e. The lowest BCUT2D eigenvalue weighted by atomic mass is 10.1. The van der Waals surface area contributed by atoms with Gasteiger partial charge in [0, 0.05) is 31.4 Å². The van der Waals surface area contributed by atoms with Gasteiger partial charge < -0.3 is 5.32 Å². The summed E-state index contributed by atoms with van der Waals surface area (Å²) in [5, 5.41) is 3.44. The average Bonchev–Trinajstić information content (AvgIpc) is 2.75. The zero-order valence-corrected chi connectivity index (χ0v) is 10.9. The molecule has 2 nitrogen and oxygen atoms in total. The average molecular weight is 230 g/mol. The highest BCUT2D eigenvalue weighted by Gasteiger charge is 2.12. The van der Waals surface area contributed by atoms with Gasteiger partial charge >= 0.3 is 0 Å². The molecule has 0 amide bonds. The number of rotatable bonds is 5. The molecule has 0 spiro atoms. The van der Waals surface area contributed by atoms with Crippen molar-refractivity contribution in [3.05, 3.63) is 42.0 Å². The van der Waals surface area contributed by atoms with Crippen molar-refractivity contribution >= 4 is 5.69 Å². The molecule has 0 fully saturated rings. The van der Waals surface area contributed by atoms with Crippen LogP contribution in [0.3, 0.4) is 0 Å². The van der Waals surface area contributed by atoms with E-state index in [-0.39, 0.29) is 0 Å². The number of hydrogen-bond donors (Lipinski definition) is 1. The summed E-state index contributed by atoms with van der Waals surface area (Å²) in [6.07, 6.45) is 3.14. The minimum absolute atomic E-state index is 0.550. The highest BCUT2D eigenvalue weighted by Crippen LogP contribution is 2.24. The second-order valence-electron chi connectivity index (χ2n) is 4.98. The molecule has 1 N–H and O–H groups in total. The Hall–Kier alpha value is -1.28. The summed E-state index contributed by atoms with van der Waals surface area (Å²) in [7, 11) is 0. The molecule has 1 aromatic carbocycles. The molecule has 0 atom stereocenters. The van der Waals surface area contributed by atoms with Crippen LogP contribution in [0.25, 0.3) is 0 Å². The standard InChI is InChI=1S/C15H22N2/c1-4-9-17(12(2)3)11-13-5-6-14-7-8-16-15(14)10-13/h4-6,10,12,16H,1,7-9,11H2,2-3H3. The van der Waals surface area contributed by atoms with Crippen molar-refractivity contribution in [1.29, 1.82) is 0 Å². The van der Waals surface area contributed by atoms with E-state index >= 15 is 0 Å². The third-order valence-corrected chi connectivity index (χ3v) is 3.36. The summed E-state index contributed by atoms with van der Waals surface area (Å²) in [6, 6.07) is 7.36. The Balaban J connectivity index is 2.09. The van der Waals surface area contributed by atoms with Crippen LogP contribution in [-0.2, 0) is 13.0 Å². The molecule has 92 valence electrons. The van der Waals surface area contributed by atoms with Crippen molar-refractivity contribution in [1.82, 2.24) is 4.90 Å². The van der Waals surface area contributed by atoms with Crippen molar-refractivity contribution in [2.45, 2.75) is 32.9 Å². The molecular formula is C15H22N2. The predicted octanol–water partition coefficient (Wildman–Crippen LogP) is 3.05. The molecule has 0 aromatic heterocycles. The van der Waals surface area contributed by atoms with Crippen LogP contribution in [0.5, 0.6) is 0 Å². The van der Waals surface area contributed by atoms with E-state index in [0.29, 0.717) is 6.04 Å². The van der Waals surface area contributed by atoms with Gasteiger partial charge in [0.1, 0.15) is 0 Å². The number of anilines is 1. The fourth-order valence-electron chi connectivity index (χ4n) is 2.29. The van der Waals surface area contributed by atoms with Gasteiger partial charge in [-0.3, -0.25) is 4.90 Å². The normalized spacial score (nSPS) is 13.9. The van der Waals surface area contributed by atoms with Gasteiger partial charge in [-0.05, 0) is 37.5 Å². The number of hydrogen-bond acceptors (Lipinski definition) is 2. The van der Waals surface area contributed by atoms with Crippen LogP contribution >= 0.6 is 0 Å². The van der Waals surface area contributed by atoms with Crippen molar-refractivity contribution in [2.24, 2.45) is 0 Å². The molecule has 0 bridgehead atoms. The Labute approximate surface area is 104 Å². The summed E-state index contributed by atoms with van der Waals surface area (Å²) in [4.78, 5) is 2.42. The van der Waals surface area contributed by atoms with Gasteiger partial charge in [0.05, 0.1) is 0 Å². The maximum atomic E-state index is 3.83. The molecule has 0 saturated heterocycles. The van der Waals surface area contributed by atoms with Gasteiger partial charge in [-0.25, -0.2) is 0 Å². The Morgan fingerprint density at radius 1 is 1.47 bits per heavy atom. The van der Waals surface area contributed by atoms with Crippen LogP contribution in [0.15, 0.2) is 30.9 Å². The van der Waals surface area contributed by atoms with E-state index in [1.54, 1.807) is 0 Å². The zero-order chi connectivity index (χ0) is 12.3. The van der Waals surface area contributed by atoms with Gasteiger partial charge in [-0.1, -0.05) is 18.2 Å².